The van der Waals surface area contributed by atoms with Crippen molar-refractivity contribution in [2.45, 2.75) is 6.42 Å². The van der Waals surface area contributed by atoms with Crippen molar-refractivity contribution in [1.82, 2.24) is 4.90 Å². The molecule has 2 aromatic carbocycles. The number of nitrogens with one attached hydrogen (secondary N) is 1. The number of carbonyl (C=O) groups is 1. The van der Waals surface area contributed by atoms with E-state index in [0.29, 0.717) is 31.6 Å². The molecule has 0 aliphatic carbocycles. The van der Waals surface area contributed by atoms with E-state index in [1.807, 2.05) is 17.0 Å². The molecule has 0 bridgehead atoms. The number of hydrogen-bond donors (Lipinski definition) is 1. The third-order valence-electron chi connectivity index (χ3n) is 4.48. The Bertz CT molecular complexity index is 792. The van der Waals surface area contributed by atoms with E-state index >= 15 is 0 Å². The van der Waals surface area contributed by atoms with Gasteiger partial charge in [-0.2, -0.15) is 5.26 Å². The van der Waals surface area contributed by atoms with E-state index in [-0.39, 0.29) is 11.7 Å². The molecule has 1 fully saturated rings. The molecule has 1 amide bonds. The van der Waals surface area contributed by atoms with Gasteiger partial charge in [0.2, 0.25) is 5.91 Å². The molecular formula is C20H21FN4O. The maximum atomic E-state index is 13.0. The Hall–Kier alpha value is -3.07. The quantitative estimate of drug-likeness (QED) is 0.899. The lowest BCUT2D eigenvalue weighted by Gasteiger charge is -2.36. The van der Waals surface area contributed by atoms with E-state index in [0.717, 1.165) is 24.5 Å². The number of rotatable bonds is 5. The highest BCUT2D eigenvalue weighted by molar-refractivity contribution is 5.77. The van der Waals surface area contributed by atoms with Crippen LogP contribution in [0.15, 0.2) is 48.5 Å². The van der Waals surface area contributed by atoms with E-state index in [1.165, 1.54) is 12.1 Å². The van der Waals surface area contributed by atoms with Crippen LogP contribution in [-0.4, -0.2) is 43.5 Å². The minimum Gasteiger partial charge on any atom is -0.384 e. The van der Waals surface area contributed by atoms with E-state index < -0.39 is 0 Å². The second kappa shape index (κ2) is 8.34. The summed E-state index contributed by atoms with van der Waals surface area (Å²) in [7, 11) is 0. The molecule has 0 saturated carbocycles. The molecular weight excluding hydrogens is 331 g/mol. The third kappa shape index (κ3) is 4.51. The second-order valence-electron chi connectivity index (χ2n) is 6.21. The molecule has 5 nitrogen and oxygen atoms in total. The van der Waals surface area contributed by atoms with Crippen molar-refractivity contribution in [3.8, 4) is 6.07 Å². The summed E-state index contributed by atoms with van der Waals surface area (Å²) in [5.41, 5.74) is 2.42. The minimum absolute atomic E-state index is 0.118. The molecule has 134 valence electrons. The number of carbonyl (C=O) groups excluding carboxylic acids is 1. The molecule has 0 radical (unpaired) electrons. The van der Waals surface area contributed by atoms with Gasteiger partial charge in [0.25, 0.3) is 0 Å². The summed E-state index contributed by atoms with van der Waals surface area (Å²) in [6.07, 6.45) is 0.410. The molecule has 1 aliphatic rings. The summed E-state index contributed by atoms with van der Waals surface area (Å²) >= 11 is 0. The summed E-state index contributed by atoms with van der Waals surface area (Å²) in [5.74, 6) is -0.122. The molecule has 1 N–H and O–H groups in total. The maximum Gasteiger partial charge on any atom is 0.224 e. The van der Waals surface area contributed by atoms with Crippen molar-refractivity contribution in [2.24, 2.45) is 0 Å². The van der Waals surface area contributed by atoms with Crippen LogP contribution in [0.25, 0.3) is 0 Å². The highest BCUT2D eigenvalue weighted by Gasteiger charge is 2.20. The number of hydrogen-bond acceptors (Lipinski definition) is 4. The van der Waals surface area contributed by atoms with Crippen LogP contribution in [0.3, 0.4) is 0 Å². The van der Waals surface area contributed by atoms with Gasteiger partial charge in [-0.3, -0.25) is 4.79 Å². The maximum absolute atomic E-state index is 13.0. The third-order valence-corrected chi connectivity index (χ3v) is 4.48. The number of nitrogens with zero attached hydrogens (tertiary/aromatic N) is 3. The molecule has 1 aliphatic heterocycles. The molecule has 0 aromatic heterocycles. The molecule has 6 heteroatoms. The molecule has 26 heavy (non-hydrogen) atoms. The summed E-state index contributed by atoms with van der Waals surface area (Å²) in [5, 5.41) is 12.1. The largest absolute Gasteiger partial charge is 0.384 e. The average Bonchev–Trinajstić information content (AvgIpc) is 2.69. The van der Waals surface area contributed by atoms with E-state index in [4.69, 9.17) is 5.26 Å². The molecule has 0 spiro atoms. The Balaban J connectivity index is 1.43. The van der Waals surface area contributed by atoms with Gasteiger partial charge in [-0.1, -0.05) is 6.07 Å². The van der Waals surface area contributed by atoms with Gasteiger partial charge in [-0.25, -0.2) is 4.39 Å². The number of piperazine rings is 1. The zero-order chi connectivity index (χ0) is 18.4. The van der Waals surface area contributed by atoms with Gasteiger partial charge < -0.3 is 15.1 Å². The van der Waals surface area contributed by atoms with Crippen LogP contribution in [0.4, 0.5) is 15.8 Å². The van der Waals surface area contributed by atoms with Crippen molar-refractivity contribution in [2.75, 3.05) is 42.9 Å². The standard InChI is InChI=1S/C20H21FN4O/c21-17-4-6-19(7-5-17)24-10-12-25(13-11-24)20(26)8-9-23-18-3-1-2-16(14-18)15-22/h1-7,14,23H,8-13H2. The predicted octanol–water partition coefficient (Wildman–Crippen LogP) is 2.85. The van der Waals surface area contributed by atoms with Gasteiger partial charge >= 0.3 is 0 Å². The van der Waals surface area contributed by atoms with E-state index in [9.17, 15) is 9.18 Å². The Labute approximate surface area is 152 Å². The zero-order valence-corrected chi connectivity index (χ0v) is 14.5. The number of anilines is 2. The van der Waals surface area contributed by atoms with Crippen molar-refractivity contribution >= 4 is 17.3 Å². The van der Waals surface area contributed by atoms with Gasteiger partial charge in [0.05, 0.1) is 11.6 Å². The zero-order valence-electron chi connectivity index (χ0n) is 14.5. The van der Waals surface area contributed by atoms with E-state index in [1.54, 1.807) is 24.3 Å². The highest BCUT2D eigenvalue weighted by Crippen LogP contribution is 2.17. The van der Waals surface area contributed by atoms with Crippen LogP contribution in [0.5, 0.6) is 0 Å². The van der Waals surface area contributed by atoms with Crippen molar-refractivity contribution < 1.29 is 9.18 Å². The van der Waals surface area contributed by atoms with Gasteiger partial charge in [-0.15, -0.1) is 0 Å². The first-order chi connectivity index (χ1) is 12.7. The van der Waals surface area contributed by atoms with Crippen LogP contribution in [0, 0.1) is 17.1 Å². The first-order valence-corrected chi connectivity index (χ1v) is 8.68. The van der Waals surface area contributed by atoms with Gasteiger partial charge in [0.1, 0.15) is 5.82 Å². The monoisotopic (exact) mass is 352 g/mol. The van der Waals surface area contributed by atoms with Crippen LogP contribution < -0.4 is 10.2 Å². The second-order valence-corrected chi connectivity index (χ2v) is 6.21. The Morgan fingerprint density at radius 3 is 2.54 bits per heavy atom. The Morgan fingerprint density at radius 1 is 1.12 bits per heavy atom. The summed E-state index contributed by atoms with van der Waals surface area (Å²) < 4.78 is 13.0. The van der Waals surface area contributed by atoms with Gasteiger partial charge in [-0.05, 0) is 42.5 Å². The van der Waals surface area contributed by atoms with Gasteiger partial charge in [0.15, 0.2) is 0 Å². The normalized spacial score (nSPS) is 14.0. The lowest BCUT2D eigenvalue weighted by atomic mass is 10.2. The SMILES string of the molecule is N#Cc1cccc(NCCC(=O)N2CCN(c3ccc(F)cc3)CC2)c1. The molecule has 3 rings (SSSR count). The van der Waals surface area contributed by atoms with Crippen LogP contribution in [0.1, 0.15) is 12.0 Å². The molecule has 0 atom stereocenters. The Kier molecular flexibility index (Phi) is 5.69. The number of benzene rings is 2. The van der Waals surface area contributed by atoms with Crippen molar-refractivity contribution in [3.63, 3.8) is 0 Å². The Morgan fingerprint density at radius 2 is 1.85 bits per heavy atom. The summed E-state index contributed by atoms with van der Waals surface area (Å²) in [6, 6.07) is 15.8. The summed E-state index contributed by atoms with van der Waals surface area (Å²) in [6.45, 7) is 3.36. The predicted molar refractivity (Wildman–Crippen MR) is 99.5 cm³/mol. The molecule has 2 aromatic rings. The van der Waals surface area contributed by atoms with Crippen molar-refractivity contribution in [1.29, 1.82) is 5.26 Å². The average molecular weight is 352 g/mol. The first-order valence-electron chi connectivity index (χ1n) is 8.68. The fourth-order valence-electron chi connectivity index (χ4n) is 3.04. The van der Waals surface area contributed by atoms with Gasteiger partial charge in [0, 0.05) is 50.5 Å². The smallest absolute Gasteiger partial charge is 0.224 e. The topological polar surface area (TPSA) is 59.4 Å². The van der Waals surface area contributed by atoms with Crippen LogP contribution >= 0.6 is 0 Å². The molecule has 0 unspecified atom stereocenters. The lowest BCUT2D eigenvalue weighted by Crippen LogP contribution is -2.49. The van der Waals surface area contributed by atoms with Crippen LogP contribution in [-0.2, 0) is 4.79 Å². The van der Waals surface area contributed by atoms with E-state index in [2.05, 4.69) is 16.3 Å². The molecule has 1 saturated heterocycles. The minimum atomic E-state index is -0.240. The number of nitriles is 1. The summed E-state index contributed by atoms with van der Waals surface area (Å²) in [4.78, 5) is 16.4. The fraction of sp³-hybridized carbons (Fsp3) is 0.300. The first kappa shape index (κ1) is 17.7. The lowest BCUT2D eigenvalue weighted by molar-refractivity contribution is -0.131. The molecule has 1 heterocycles. The van der Waals surface area contributed by atoms with Crippen molar-refractivity contribution in [3.05, 3.63) is 59.9 Å². The highest BCUT2D eigenvalue weighted by atomic mass is 19.1. The number of halogens is 1. The number of amides is 1. The fourth-order valence-corrected chi connectivity index (χ4v) is 3.04. The van der Waals surface area contributed by atoms with Crippen LogP contribution in [0.2, 0.25) is 0 Å².